The Hall–Kier alpha value is -2.05. The number of nitrogens with zero attached hydrogens (tertiary/aromatic N) is 3. The van der Waals surface area contributed by atoms with Gasteiger partial charge in [0.1, 0.15) is 6.26 Å². The maximum atomic E-state index is 12.3. The van der Waals surface area contributed by atoms with Crippen LogP contribution in [-0.4, -0.2) is 59.1 Å². The standard InChI is InChI=1S/C16H24N4O3/c21-15(12-14-6-11-23-18-14)19-7-9-20(10-8-19)16(22)17-13-4-2-1-3-5-13/h6,11,13H,1-5,7-10,12H2,(H,17,22). The van der Waals surface area contributed by atoms with Gasteiger partial charge in [-0.05, 0) is 12.8 Å². The molecule has 7 heteroatoms. The Morgan fingerprint density at radius 3 is 2.48 bits per heavy atom. The molecule has 0 radical (unpaired) electrons. The Bertz CT molecular complexity index is 517. The van der Waals surface area contributed by atoms with Crippen molar-refractivity contribution in [1.82, 2.24) is 20.3 Å². The van der Waals surface area contributed by atoms with Crippen molar-refractivity contribution in [2.24, 2.45) is 0 Å². The molecular weight excluding hydrogens is 296 g/mol. The molecule has 23 heavy (non-hydrogen) atoms. The minimum Gasteiger partial charge on any atom is -0.364 e. The van der Waals surface area contributed by atoms with Gasteiger partial charge in [-0.15, -0.1) is 0 Å². The van der Waals surface area contributed by atoms with Gasteiger partial charge in [-0.2, -0.15) is 0 Å². The number of hydrogen-bond acceptors (Lipinski definition) is 4. The zero-order valence-corrected chi connectivity index (χ0v) is 13.4. The Labute approximate surface area is 136 Å². The van der Waals surface area contributed by atoms with E-state index in [1.54, 1.807) is 11.0 Å². The number of piperazine rings is 1. The molecule has 1 aliphatic carbocycles. The van der Waals surface area contributed by atoms with Crippen LogP contribution in [0.2, 0.25) is 0 Å². The number of carbonyl (C=O) groups is 2. The highest BCUT2D eigenvalue weighted by Crippen LogP contribution is 2.17. The Morgan fingerprint density at radius 1 is 1.13 bits per heavy atom. The van der Waals surface area contributed by atoms with Crippen LogP contribution in [-0.2, 0) is 11.2 Å². The topological polar surface area (TPSA) is 78.7 Å². The Balaban J connectivity index is 1.42. The lowest BCUT2D eigenvalue weighted by Gasteiger charge is -2.36. The van der Waals surface area contributed by atoms with E-state index in [-0.39, 0.29) is 18.4 Å². The van der Waals surface area contributed by atoms with Crippen LogP contribution in [0.15, 0.2) is 16.9 Å². The molecule has 7 nitrogen and oxygen atoms in total. The summed E-state index contributed by atoms with van der Waals surface area (Å²) in [6.07, 6.45) is 7.58. The van der Waals surface area contributed by atoms with Gasteiger partial charge in [0.25, 0.3) is 0 Å². The summed E-state index contributed by atoms with van der Waals surface area (Å²) in [6, 6.07) is 2.04. The lowest BCUT2D eigenvalue weighted by atomic mass is 9.96. The van der Waals surface area contributed by atoms with Gasteiger partial charge in [0.2, 0.25) is 5.91 Å². The number of aromatic nitrogens is 1. The minimum absolute atomic E-state index is 0.0144. The van der Waals surface area contributed by atoms with E-state index in [1.165, 1.54) is 25.5 Å². The third-order valence-electron chi connectivity index (χ3n) is 4.68. The van der Waals surface area contributed by atoms with Crippen molar-refractivity contribution in [2.45, 2.75) is 44.6 Å². The van der Waals surface area contributed by atoms with Gasteiger partial charge in [-0.1, -0.05) is 24.4 Å². The monoisotopic (exact) mass is 320 g/mol. The summed E-state index contributed by atoms with van der Waals surface area (Å²) in [5.41, 5.74) is 0.646. The van der Waals surface area contributed by atoms with Gasteiger partial charge < -0.3 is 19.6 Å². The second-order valence-electron chi connectivity index (χ2n) is 6.32. The van der Waals surface area contributed by atoms with Gasteiger partial charge in [0.15, 0.2) is 0 Å². The fraction of sp³-hybridized carbons (Fsp3) is 0.688. The molecule has 1 N–H and O–H groups in total. The Kier molecular flexibility index (Phi) is 5.15. The summed E-state index contributed by atoms with van der Waals surface area (Å²) in [6.45, 7) is 2.33. The number of rotatable bonds is 3. The summed E-state index contributed by atoms with van der Waals surface area (Å²) >= 11 is 0. The number of nitrogens with one attached hydrogen (secondary N) is 1. The van der Waals surface area contributed by atoms with Crippen molar-refractivity contribution >= 4 is 11.9 Å². The van der Waals surface area contributed by atoms with E-state index in [9.17, 15) is 9.59 Å². The van der Waals surface area contributed by atoms with Crippen LogP contribution in [0, 0.1) is 0 Å². The van der Waals surface area contributed by atoms with E-state index >= 15 is 0 Å². The molecule has 0 aromatic carbocycles. The second kappa shape index (κ2) is 7.48. The van der Waals surface area contributed by atoms with Crippen LogP contribution in [0.5, 0.6) is 0 Å². The predicted molar refractivity (Wildman–Crippen MR) is 83.8 cm³/mol. The fourth-order valence-corrected chi connectivity index (χ4v) is 3.27. The molecule has 1 aromatic rings. The van der Waals surface area contributed by atoms with E-state index in [0.717, 1.165) is 12.8 Å². The first kappa shape index (κ1) is 15.8. The highest BCUT2D eigenvalue weighted by molar-refractivity contribution is 5.79. The summed E-state index contributed by atoms with van der Waals surface area (Å²) in [7, 11) is 0. The summed E-state index contributed by atoms with van der Waals surface area (Å²) < 4.78 is 4.74. The van der Waals surface area contributed by atoms with E-state index in [0.29, 0.717) is 37.9 Å². The average molecular weight is 320 g/mol. The van der Waals surface area contributed by atoms with Crippen molar-refractivity contribution in [3.05, 3.63) is 18.0 Å². The van der Waals surface area contributed by atoms with Gasteiger partial charge in [0.05, 0.1) is 12.1 Å². The van der Waals surface area contributed by atoms with Crippen molar-refractivity contribution in [3.63, 3.8) is 0 Å². The molecule has 1 saturated heterocycles. The van der Waals surface area contributed by atoms with Crippen LogP contribution >= 0.6 is 0 Å². The largest absolute Gasteiger partial charge is 0.364 e. The van der Waals surface area contributed by atoms with Crippen LogP contribution in [0.1, 0.15) is 37.8 Å². The van der Waals surface area contributed by atoms with Gasteiger partial charge in [-0.3, -0.25) is 4.79 Å². The zero-order valence-electron chi connectivity index (χ0n) is 13.4. The highest BCUT2D eigenvalue weighted by Gasteiger charge is 2.26. The number of hydrogen-bond donors (Lipinski definition) is 1. The molecule has 3 rings (SSSR count). The van der Waals surface area contributed by atoms with Crippen molar-refractivity contribution in [2.75, 3.05) is 26.2 Å². The minimum atomic E-state index is 0.0144. The summed E-state index contributed by atoms with van der Waals surface area (Å²) in [4.78, 5) is 28.1. The van der Waals surface area contributed by atoms with E-state index in [2.05, 4.69) is 10.5 Å². The molecule has 0 unspecified atom stereocenters. The quantitative estimate of drug-likeness (QED) is 0.913. The van der Waals surface area contributed by atoms with Crippen LogP contribution in [0.3, 0.4) is 0 Å². The van der Waals surface area contributed by atoms with Gasteiger partial charge >= 0.3 is 6.03 Å². The Morgan fingerprint density at radius 2 is 1.83 bits per heavy atom. The highest BCUT2D eigenvalue weighted by atomic mass is 16.5. The first-order valence-electron chi connectivity index (χ1n) is 8.45. The molecule has 126 valence electrons. The van der Waals surface area contributed by atoms with Crippen molar-refractivity contribution < 1.29 is 14.1 Å². The van der Waals surface area contributed by atoms with Gasteiger partial charge in [-0.25, -0.2) is 4.79 Å². The molecule has 2 aliphatic rings. The van der Waals surface area contributed by atoms with Crippen LogP contribution in [0.4, 0.5) is 4.79 Å². The lowest BCUT2D eigenvalue weighted by Crippen LogP contribution is -2.55. The first-order chi connectivity index (χ1) is 11.2. The first-order valence-corrected chi connectivity index (χ1v) is 8.45. The van der Waals surface area contributed by atoms with E-state index in [4.69, 9.17) is 4.52 Å². The average Bonchev–Trinajstić information content (AvgIpc) is 3.09. The third-order valence-corrected chi connectivity index (χ3v) is 4.68. The molecule has 0 spiro atoms. The maximum Gasteiger partial charge on any atom is 0.317 e. The molecular formula is C16H24N4O3. The van der Waals surface area contributed by atoms with Crippen LogP contribution < -0.4 is 5.32 Å². The summed E-state index contributed by atoms with van der Waals surface area (Å²) in [5.74, 6) is 0.0336. The predicted octanol–water partition coefficient (Wildman–Crippen LogP) is 1.40. The SMILES string of the molecule is O=C(Cc1ccon1)N1CCN(C(=O)NC2CCCCC2)CC1. The number of amides is 3. The molecule has 0 bridgehead atoms. The number of urea groups is 1. The summed E-state index contributed by atoms with van der Waals surface area (Å²) in [5, 5.41) is 6.89. The van der Waals surface area contributed by atoms with Crippen LogP contribution in [0.25, 0.3) is 0 Å². The molecule has 0 atom stereocenters. The number of carbonyl (C=O) groups excluding carboxylic acids is 2. The molecule has 3 amide bonds. The van der Waals surface area contributed by atoms with E-state index < -0.39 is 0 Å². The zero-order chi connectivity index (χ0) is 16.1. The third kappa shape index (κ3) is 4.24. The molecule has 2 heterocycles. The second-order valence-corrected chi connectivity index (χ2v) is 6.32. The molecule has 1 aromatic heterocycles. The fourth-order valence-electron chi connectivity index (χ4n) is 3.27. The van der Waals surface area contributed by atoms with E-state index in [1.807, 2.05) is 4.90 Å². The maximum absolute atomic E-state index is 12.3. The van der Waals surface area contributed by atoms with Crippen molar-refractivity contribution in [1.29, 1.82) is 0 Å². The molecule has 2 fully saturated rings. The van der Waals surface area contributed by atoms with Gasteiger partial charge in [0, 0.05) is 38.3 Å². The lowest BCUT2D eigenvalue weighted by molar-refractivity contribution is -0.131. The van der Waals surface area contributed by atoms with Crippen molar-refractivity contribution in [3.8, 4) is 0 Å². The molecule has 1 saturated carbocycles. The smallest absolute Gasteiger partial charge is 0.317 e. The molecule has 1 aliphatic heterocycles. The normalized spacial score (nSPS) is 19.7.